The molecular weight excluding hydrogens is 288 g/mol. The summed E-state index contributed by atoms with van der Waals surface area (Å²) >= 11 is 0. The van der Waals surface area contributed by atoms with E-state index in [4.69, 9.17) is 5.11 Å². The fraction of sp³-hybridized carbons (Fsp3) is 0.455. The van der Waals surface area contributed by atoms with Crippen LogP contribution in [0.4, 0.5) is 0 Å². The van der Waals surface area contributed by atoms with E-state index in [1.807, 2.05) is 0 Å². The average molecular weight is 304 g/mol. The van der Waals surface area contributed by atoms with Crippen molar-refractivity contribution in [2.24, 2.45) is 0 Å². The molecular formula is C11H16N2O6S. The quantitative estimate of drug-likeness (QED) is 0.717. The fourth-order valence-corrected chi connectivity index (χ4v) is 2.83. The van der Waals surface area contributed by atoms with Crippen LogP contribution in [0, 0.1) is 0 Å². The Morgan fingerprint density at radius 1 is 1.50 bits per heavy atom. The first-order chi connectivity index (χ1) is 9.22. The van der Waals surface area contributed by atoms with Crippen molar-refractivity contribution >= 4 is 22.0 Å². The number of hydrogen-bond donors (Lipinski definition) is 2. The first-order valence-electron chi connectivity index (χ1n) is 5.76. The number of ether oxygens (including phenoxy) is 1. The summed E-state index contributed by atoms with van der Waals surface area (Å²) in [7, 11) is -2.85. The summed E-state index contributed by atoms with van der Waals surface area (Å²) in [6, 6.07) is -0.0266. The Balaban J connectivity index is 3.10. The Hall–Kier alpha value is -1.87. The molecule has 9 heteroatoms. The number of nitrogens with one attached hydrogen (secondary N) is 1. The van der Waals surface area contributed by atoms with Gasteiger partial charge in [-0.2, -0.15) is 4.72 Å². The van der Waals surface area contributed by atoms with Crippen molar-refractivity contribution in [3.63, 3.8) is 0 Å². The fourth-order valence-electron chi connectivity index (χ4n) is 1.60. The van der Waals surface area contributed by atoms with Crippen molar-refractivity contribution in [2.45, 2.75) is 31.3 Å². The molecule has 0 fully saturated rings. The number of carbonyl (C=O) groups excluding carboxylic acids is 1. The van der Waals surface area contributed by atoms with Crippen LogP contribution in [-0.2, 0) is 26.1 Å². The van der Waals surface area contributed by atoms with Crippen LogP contribution in [0.15, 0.2) is 17.2 Å². The molecule has 1 aromatic heterocycles. The lowest BCUT2D eigenvalue weighted by atomic mass is 10.4. The number of carbonyl (C=O) groups is 2. The van der Waals surface area contributed by atoms with E-state index >= 15 is 0 Å². The van der Waals surface area contributed by atoms with Gasteiger partial charge in [0.2, 0.25) is 10.0 Å². The van der Waals surface area contributed by atoms with Gasteiger partial charge in [0, 0.05) is 12.7 Å². The highest BCUT2D eigenvalue weighted by Gasteiger charge is 2.25. The topological polar surface area (TPSA) is 115 Å². The van der Waals surface area contributed by atoms with Crippen LogP contribution < -0.4 is 4.72 Å². The van der Waals surface area contributed by atoms with Gasteiger partial charge in [-0.1, -0.05) is 0 Å². The molecule has 2 N–H and O–H groups in total. The largest absolute Gasteiger partial charge is 0.477 e. The number of carboxylic acids is 1. The monoisotopic (exact) mass is 304 g/mol. The number of nitrogens with zero attached hydrogens (tertiary/aromatic N) is 1. The number of rotatable bonds is 6. The third kappa shape index (κ3) is 3.36. The number of esters is 1. The number of sulfonamides is 1. The van der Waals surface area contributed by atoms with E-state index in [9.17, 15) is 18.0 Å². The summed E-state index contributed by atoms with van der Waals surface area (Å²) in [6.45, 7) is 3.33. The SMILES string of the molecule is CCn1cc(S(=O)(=O)N[C@@H](C)C(=O)OC)cc1C(=O)O. The number of hydrogen-bond acceptors (Lipinski definition) is 5. The second-order valence-corrected chi connectivity index (χ2v) is 5.73. The van der Waals surface area contributed by atoms with Crippen LogP contribution in [0.2, 0.25) is 0 Å². The molecule has 0 aliphatic rings. The Labute approximate surface area is 116 Å². The standard InChI is InChI=1S/C11H16N2O6S/c1-4-13-6-8(5-9(13)10(14)15)20(17,18)12-7(2)11(16)19-3/h5-7,12H,4H2,1-3H3,(H,14,15)/t7-/m0/s1. The van der Waals surface area contributed by atoms with Crippen molar-refractivity contribution in [1.82, 2.24) is 9.29 Å². The van der Waals surface area contributed by atoms with Crippen LogP contribution >= 0.6 is 0 Å². The summed E-state index contributed by atoms with van der Waals surface area (Å²) in [6.07, 6.45) is 1.20. The van der Waals surface area contributed by atoms with E-state index < -0.39 is 28.0 Å². The Morgan fingerprint density at radius 3 is 2.50 bits per heavy atom. The van der Waals surface area contributed by atoms with E-state index in [2.05, 4.69) is 9.46 Å². The van der Waals surface area contributed by atoms with Gasteiger partial charge in [0.25, 0.3) is 0 Å². The summed E-state index contributed by atoms with van der Waals surface area (Å²) in [5.74, 6) is -1.96. The third-order valence-electron chi connectivity index (χ3n) is 2.63. The number of aromatic nitrogens is 1. The zero-order chi connectivity index (χ0) is 15.5. The van der Waals surface area contributed by atoms with Gasteiger partial charge in [-0.05, 0) is 19.9 Å². The summed E-state index contributed by atoms with van der Waals surface area (Å²) in [5, 5.41) is 8.97. The second-order valence-electron chi connectivity index (χ2n) is 4.02. The summed E-state index contributed by atoms with van der Waals surface area (Å²) in [5.41, 5.74) is -0.140. The normalized spacial score (nSPS) is 12.9. The lowest BCUT2D eigenvalue weighted by Crippen LogP contribution is -2.38. The maximum Gasteiger partial charge on any atom is 0.352 e. The molecule has 112 valence electrons. The first-order valence-corrected chi connectivity index (χ1v) is 7.24. The highest BCUT2D eigenvalue weighted by molar-refractivity contribution is 7.89. The van der Waals surface area contributed by atoms with E-state index in [-0.39, 0.29) is 10.6 Å². The molecule has 0 aliphatic heterocycles. The number of carboxylic acid groups (broad SMARTS) is 1. The molecule has 0 spiro atoms. The Bertz CT molecular complexity index is 619. The van der Waals surface area contributed by atoms with Gasteiger partial charge in [-0.3, -0.25) is 4.79 Å². The van der Waals surface area contributed by atoms with E-state index in [0.717, 1.165) is 13.2 Å². The van der Waals surface area contributed by atoms with Gasteiger partial charge in [0.15, 0.2) is 0 Å². The van der Waals surface area contributed by atoms with Gasteiger partial charge in [-0.25, -0.2) is 13.2 Å². The van der Waals surface area contributed by atoms with Crippen molar-refractivity contribution in [3.05, 3.63) is 18.0 Å². The minimum absolute atomic E-state index is 0.140. The molecule has 0 radical (unpaired) electrons. The van der Waals surface area contributed by atoms with E-state index in [1.165, 1.54) is 17.7 Å². The minimum atomic E-state index is -3.99. The molecule has 1 atom stereocenters. The smallest absolute Gasteiger partial charge is 0.352 e. The molecule has 20 heavy (non-hydrogen) atoms. The molecule has 0 unspecified atom stereocenters. The van der Waals surface area contributed by atoms with Crippen molar-refractivity contribution in [1.29, 1.82) is 0 Å². The predicted octanol–water partition coefficient (Wildman–Crippen LogP) is 0.0460. The zero-order valence-corrected chi connectivity index (χ0v) is 12.1. The van der Waals surface area contributed by atoms with Gasteiger partial charge in [0.05, 0.1) is 7.11 Å². The highest BCUT2D eigenvalue weighted by Crippen LogP contribution is 2.15. The number of methoxy groups -OCH3 is 1. The van der Waals surface area contributed by atoms with Crippen LogP contribution in [0.3, 0.4) is 0 Å². The van der Waals surface area contributed by atoms with Crippen LogP contribution in [-0.4, -0.2) is 43.2 Å². The van der Waals surface area contributed by atoms with Crippen LogP contribution in [0.5, 0.6) is 0 Å². The van der Waals surface area contributed by atoms with Crippen molar-refractivity contribution < 1.29 is 27.9 Å². The van der Waals surface area contributed by atoms with Gasteiger partial charge >= 0.3 is 11.9 Å². The Kier molecular flexibility index (Phi) is 4.90. The van der Waals surface area contributed by atoms with E-state index in [0.29, 0.717) is 6.54 Å². The second kappa shape index (κ2) is 6.06. The van der Waals surface area contributed by atoms with Crippen LogP contribution in [0.25, 0.3) is 0 Å². The lowest BCUT2D eigenvalue weighted by molar-refractivity contribution is -0.142. The first kappa shape index (κ1) is 16.2. The van der Waals surface area contributed by atoms with Gasteiger partial charge in [-0.15, -0.1) is 0 Å². The van der Waals surface area contributed by atoms with E-state index in [1.54, 1.807) is 6.92 Å². The Morgan fingerprint density at radius 2 is 2.10 bits per heavy atom. The summed E-state index contributed by atoms with van der Waals surface area (Å²) < 4.78 is 31.9. The highest BCUT2D eigenvalue weighted by atomic mass is 32.2. The van der Waals surface area contributed by atoms with Gasteiger partial charge < -0.3 is 14.4 Å². The molecule has 0 amide bonds. The molecule has 1 rings (SSSR count). The molecule has 1 heterocycles. The molecule has 0 saturated carbocycles. The zero-order valence-electron chi connectivity index (χ0n) is 11.3. The molecule has 0 aliphatic carbocycles. The number of aryl methyl sites for hydroxylation is 1. The van der Waals surface area contributed by atoms with Gasteiger partial charge in [0.1, 0.15) is 16.6 Å². The maximum atomic E-state index is 12.0. The molecule has 1 aromatic rings. The molecule has 8 nitrogen and oxygen atoms in total. The van der Waals surface area contributed by atoms with Crippen LogP contribution in [0.1, 0.15) is 24.3 Å². The summed E-state index contributed by atoms with van der Waals surface area (Å²) in [4.78, 5) is 22.0. The minimum Gasteiger partial charge on any atom is -0.477 e. The lowest BCUT2D eigenvalue weighted by Gasteiger charge is -2.10. The van der Waals surface area contributed by atoms with Crippen molar-refractivity contribution in [3.8, 4) is 0 Å². The predicted molar refractivity (Wildman–Crippen MR) is 68.9 cm³/mol. The maximum absolute atomic E-state index is 12.0. The van der Waals surface area contributed by atoms with Crippen molar-refractivity contribution in [2.75, 3.05) is 7.11 Å². The average Bonchev–Trinajstić information content (AvgIpc) is 2.82. The number of aromatic carboxylic acids is 1. The third-order valence-corrected chi connectivity index (χ3v) is 4.14. The molecule has 0 bridgehead atoms. The molecule has 0 saturated heterocycles. The molecule has 0 aromatic carbocycles.